The van der Waals surface area contributed by atoms with Crippen LogP contribution in [0.15, 0.2) is 36.4 Å². The number of aromatic nitrogens is 1. The summed E-state index contributed by atoms with van der Waals surface area (Å²) in [5.41, 5.74) is 1.46. The Hall–Kier alpha value is -2.76. The molecule has 0 N–H and O–H groups in total. The molecule has 0 aliphatic rings. The third kappa shape index (κ3) is 4.12. The van der Waals surface area contributed by atoms with Gasteiger partial charge in [0, 0.05) is 11.3 Å². The number of rotatable bonds is 4. The van der Waals surface area contributed by atoms with Crippen molar-refractivity contribution >= 4 is 17.7 Å². The van der Waals surface area contributed by atoms with Gasteiger partial charge >= 0.3 is 5.97 Å². The summed E-state index contributed by atoms with van der Waals surface area (Å²) in [7, 11) is 1.24. The lowest BCUT2D eigenvalue weighted by molar-refractivity contribution is -0.138. The molecule has 0 atom stereocenters. The second-order valence-electron chi connectivity index (χ2n) is 5.12. The molecule has 1 amide bonds. The van der Waals surface area contributed by atoms with Gasteiger partial charge in [-0.1, -0.05) is 6.07 Å². The van der Waals surface area contributed by atoms with Crippen LogP contribution in [-0.2, 0) is 9.53 Å². The Kier molecular flexibility index (Phi) is 5.05. The van der Waals surface area contributed by atoms with E-state index in [0.717, 1.165) is 6.07 Å². The van der Waals surface area contributed by atoms with E-state index in [0.29, 0.717) is 17.1 Å². The van der Waals surface area contributed by atoms with Gasteiger partial charge < -0.3 is 4.74 Å². The smallest absolute Gasteiger partial charge is 0.325 e. The molecule has 0 saturated carbocycles. The Labute approximate surface area is 133 Å². The van der Waals surface area contributed by atoms with E-state index in [1.165, 1.54) is 18.1 Å². The number of amides is 1. The lowest BCUT2D eigenvalue weighted by atomic mass is 10.1. The van der Waals surface area contributed by atoms with Crippen molar-refractivity contribution in [1.82, 2.24) is 4.98 Å². The summed E-state index contributed by atoms with van der Waals surface area (Å²) in [6.45, 7) is 3.16. The Morgan fingerprint density at radius 1 is 1.22 bits per heavy atom. The molecule has 0 aliphatic heterocycles. The summed E-state index contributed by atoms with van der Waals surface area (Å²) in [6.07, 6.45) is 0. The summed E-state index contributed by atoms with van der Waals surface area (Å²) >= 11 is 0. The summed E-state index contributed by atoms with van der Waals surface area (Å²) in [6, 6.07) is 9.13. The summed E-state index contributed by atoms with van der Waals surface area (Å²) in [4.78, 5) is 29.8. The van der Waals surface area contributed by atoms with E-state index in [1.54, 1.807) is 38.1 Å². The molecule has 0 spiro atoms. The molecular weight excluding hydrogens is 299 g/mol. The van der Waals surface area contributed by atoms with Crippen LogP contribution < -0.4 is 4.90 Å². The Morgan fingerprint density at radius 2 is 1.96 bits per heavy atom. The second kappa shape index (κ2) is 7.00. The van der Waals surface area contributed by atoms with Gasteiger partial charge in [-0.2, -0.15) is 0 Å². The number of ether oxygens (including phenoxy) is 1. The number of hydrogen-bond acceptors (Lipinski definition) is 4. The zero-order valence-electron chi connectivity index (χ0n) is 13.2. The van der Waals surface area contributed by atoms with Crippen molar-refractivity contribution < 1.29 is 18.7 Å². The highest BCUT2D eigenvalue weighted by atomic mass is 19.1. The number of benzene rings is 1. The average molecular weight is 316 g/mol. The molecule has 1 aromatic carbocycles. The molecule has 23 heavy (non-hydrogen) atoms. The number of nitrogens with zero attached hydrogens (tertiary/aromatic N) is 2. The minimum atomic E-state index is -0.588. The predicted octanol–water partition coefficient (Wildman–Crippen LogP) is 2.66. The van der Waals surface area contributed by atoms with Crippen LogP contribution in [0.2, 0.25) is 0 Å². The molecular formula is C17H17FN2O3. The van der Waals surface area contributed by atoms with Crippen LogP contribution in [0.1, 0.15) is 21.6 Å². The van der Waals surface area contributed by atoms with Crippen LogP contribution in [0.5, 0.6) is 0 Å². The van der Waals surface area contributed by atoms with Crippen LogP contribution in [0.4, 0.5) is 10.2 Å². The van der Waals surface area contributed by atoms with Gasteiger partial charge in [0.25, 0.3) is 5.91 Å². The van der Waals surface area contributed by atoms with Crippen LogP contribution in [0, 0.1) is 19.7 Å². The highest BCUT2D eigenvalue weighted by molar-refractivity contribution is 6.07. The fourth-order valence-electron chi connectivity index (χ4n) is 2.15. The third-order valence-electron chi connectivity index (χ3n) is 3.20. The SMILES string of the molecule is COC(=O)CN(C(=O)c1cc(C)cc(F)c1)c1cccc(C)n1. The van der Waals surface area contributed by atoms with Gasteiger partial charge in [-0.15, -0.1) is 0 Å². The van der Waals surface area contributed by atoms with Crippen molar-refractivity contribution in [3.05, 3.63) is 59.0 Å². The second-order valence-corrected chi connectivity index (χ2v) is 5.12. The topological polar surface area (TPSA) is 59.5 Å². The molecule has 2 aromatic rings. The molecule has 0 fully saturated rings. The van der Waals surface area contributed by atoms with Gasteiger partial charge in [0.1, 0.15) is 18.2 Å². The predicted molar refractivity (Wildman–Crippen MR) is 83.8 cm³/mol. The Balaban J connectivity index is 2.43. The van der Waals surface area contributed by atoms with E-state index in [9.17, 15) is 14.0 Å². The monoisotopic (exact) mass is 316 g/mol. The minimum Gasteiger partial charge on any atom is -0.468 e. The van der Waals surface area contributed by atoms with Gasteiger partial charge in [0.2, 0.25) is 0 Å². The number of methoxy groups -OCH3 is 1. The molecule has 6 heteroatoms. The van der Waals surface area contributed by atoms with E-state index in [4.69, 9.17) is 0 Å². The van der Waals surface area contributed by atoms with Crippen molar-refractivity contribution in [3.63, 3.8) is 0 Å². The normalized spacial score (nSPS) is 10.3. The molecule has 1 heterocycles. The average Bonchev–Trinajstić information content (AvgIpc) is 2.50. The Morgan fingerprint density at radius 3 is 2.57 bits per heavy atom. The summed E-state index contributed by atoms with van der Waals surface area (Å²) < 4.78 is 18.2. The number of esters is 1. The van der Waals surface area contributed by atoms with E-state index < -0.39 is 17.7 Å². The quantitative estimate of drug-likeness (QED) is 0.814. The Bertz CT molecular complexity index is 726. The van der Waals surface area contributed by atoms with E-state index in [2.05, 4.69) is 9.72 Å². The van der Waals surface area contributed by atoms with Gasteiger partial charge in [0.05, 0.1) is 7.11 Å². The van der Waals surface area contributed by atoms with E-state index >= 15 is 0 Å². The lowest BCUT2D eigenvalue weighted by Crippen LogP contribution is -2.37. The van der Waals surface area contributed by atoms with Gasteiger partial charge in [-0.05, 0) is 49.7 Å². The first-order chi connectivity index (χ1) is 10.9. The highest BCUT2D eigenvalue weighted by Gasteiger charge is 2.23. The highest BCUT2D eigenvalue weighted by Crippen LogP contribution is 2.17. The van der Waals surface area contributed by atoms with E-state index in [1.807, 2.05) is 0 Å². The number of aryl methyl sites for hydroxylation is 2. The molecule has 0 unspecified atom stereocenters. The number of anilines is 1. The fourth-order valence-corrected chi connectivity index (χ4v) is 2.15. The lowest BCUT2D eigenvalue weighted by Gasteiger charge is -2.21. The molecule has 2 rings (SSSR count). The molecule has 5 nitrogen and oxygen atoms in total. The van der Waals surface area contributed by atoms with Crippen molar-refractivity contribution in [2.24, 2.45) is 0 Å². The largest absolute Gasteiger partial charge is 0.468 e. The maximum absolute atomic E-state index is 13.6. The van der Waals surface area contributed by atoms with Crippen molar-refractivity contribution in [2.45, 2.75) is 13.8 Å². The molecule has 1 aromatic heterocycles. The van der Waals surface area contributed by atoms with Crippen molar-refractivity contribution in [1.29, 1.82) is 0 Å². The van der Waals surface area contributed by atoms with Gasteiger partial charge in [-0.3, -0.25) is 14.5 Å². The summed E-state index contributed by atoms with van der Waals surface area (Å²) in [5, 5.41) is 0. The first kappa shape index (κ1) is 16.6. The maximum atomic E-state index is 13.6. The number of pyridine rings is 1. The molecule has 0 radical (unpaired) electrons. The third-order valence-corrected chi connectivity index (χ3v) is 3.20. The first-order valence-corrected chi connectivity index (χ1v) is 7.00. The van der Waals surface area contributed by atoms with E-state index in [-0.39, 0.29) is 12.1 Å². The first-order valence-electron chi connectivity index (χ1n) is 7.00. The van der Waals surface area contributed by atoms with Crippen LogP contribution in [0.3, 0.4) is 0 Å². The van der Waals surface area contributed by atoms with Gasteiger partial charge in [0.15, 0.2) is 0 Å². The van der Waals surface area contributed by atoms with Gasteiger partial charge in [-0.25, -0.2) is 9.37 Å². The fraction of sp³-hybridized carbons (Fsp3) is 0.235. The molecule has 0 saturated heterocycles. The molecule has 0 aliphatic carbocycles. The molecule has 120 valence electrons. The van der Waals surface area contributed by atoms with Crippen LogP contribution in [0.25, 0.3) is 0 Å². The van der Waals surface area contributed by atoms with Crippen molar-refractivity contribution in [2.75, 3.05) is 18.6 Å². The standard InChI is InChI=1S/C17H17FN2O3/c1-11-7-13(9-14(18)8-11)17(22)20(10-16(21)23-3)15-6-4-5-12(2)19-15/h4-9H,10H2,1-3H3. The zero-order valence-corrected chi connectivity index (χ0v) is 13.2. The van der Waals surface area contributed by atoms with Crippen LogP contribution >= 0.6 is 0 Å². The van der Waals surface area contributed by atoms with Crippen molar-refractivity contribution in [3.8, 4) is 0 Å². The van der Waals surface area contributed by atoms with Crippen LogP contribution in [-0.4, -0.2) is 30.5 Å². The number of halogens is 1. The minimum absolute atomic E-state index is 0.148. The number of carbonyl (C=O) groups is 2. The zero-order chi connectivity index (χ0) is 17.0. The summed E-state index contributed by atoms with van der Waals surface area (Å²) in [5.74, 6) is -1.31. The molecule has 0 bridgehead atoms. The number of hydrogen-bond donors (Lipinski definition) is 0. The maximum Gasteiger partial charge on any atom is 0.325 e. The number of carbonyl (C=O) groups excluding carboxylic acids is 2.